The Kier molecular flexibility index (Phi) is 4.05. The van der Waals surface area contributed by atoms with E-state index in [0.717, 1.165) is 23.9 Å². The molecule has 2 nitrogen and oxygen atoms in total. The van der Waals surface area contributed by atoms with Crippen LogP contribution in [-0.2, 0) is 6.42 Å². The summed E-state index contributed by atoms with van der Waals surface area (Å²) in [7, 11) is 0. The largest absolute Gasteiger partial charge is 0.289 e. The van der Waals surface area contributed by atoms with Gasteiger partial charge in [0.2, 0.25) is 0 Å². The van der Waals surface area contributed by atoms with Gasteiger partial charge in [-0.1, -0.05) is 50.2 Å². The first-order valence-corrected chi connectivity index (χ1v) is 10.3. The Morgan fingerprint density at radius 3 is 2.43 bits per heavy atom. The molecule has 1 aliphatic carbocycles. The molecule has 2 aliphatic rings. The number of aliphatic imine (C=N–C) groups is 1. The van der Waals surface area contributed by atoms with Gasteiger partial charge in [-0.2, -0.15) is 5.26 Å². The van der Waals surface area contributed by atoms with Crippen LogP contribution in [0, 0.1) is 17.2 Å². The highest BCUT2D eigenvalue weighted by Gasteiger charge is 2.40. The average Bonchev–Trinajstić information content (AvgIpc) is 3.53. The number of hydrogen-bond donors (Lipinski definition) is 0. The minimum absolute atomic E-state index is 0.475. The maximum Gasteiger partial charge on any atom is 0.0991 e. The number of nitriles is 1. The van der Waals surface area contributed by atoms with E-state index in [1.54, 1.807) is 0 Å². The Balaban J connectivity index is 1.44. The van der Waals surface area contributed by atoms with E-state index in [4.69, 9.17) is 10.3 Å². The quantitative estimate of drug-likeness (QED) is 0.563. The van der Waals surface area contributed by atoms with Gasteiger partial charge in [0.15, 0.2) is 0 Å². The molecule has 28 heavy (non-hydrogen) atoms. The van der Waals surface area contributed by atoms with Gasteiger partial charge >= 0.3 is 0 Å². The highest BCUT2D eigenvalue weighted by molar-refractivity contribution is 6.04. The molecule has 0 saturated heterocycles. The first-order valence-electron chi connectivity index (χ1n) is 10.3. The van der Waals surface area contributed by atoms with Crippen LogP contribution in [0.1, 0.15) is 59.9 Å². The van der Waals surface area contributed by atoms with Crippen molar-refractivity contribution < 1.29 is 0 Å². The number of hydrogen-bond acceptors (Lipinski definition) is 2. The molecule has 1 saturated carbocycles. The van der Waals surface area contributed by atoms with Crippen LogP contribution in [0.25, 0.3) is 10.8 Å². The van der Waals surface area contributed by atoms with Crippen molar-refractivity contribution in [2.24, 2.45) is 10.9 Å². The first-order chi connectivity index (χ1) is 13.6. The fourth-order valence-electron chi connectivity index (χ4n) is 4.65. The van der Waals surface area contributed by atoms with Crippen molar-refractivity contribution in [3.05, 3.63) is 82.4 Å². The Labute approximate surface area is 166 Å². The molecular weight excluding hydrogens is 340 g/mol. The fraction of sp³-hybridized carbons (Fsp3) is 0.308. The van der Waals surface area contributed by atoms with Crippen LogP contribution in [-0.4, -0.2) is 12.3 Å². The Morgan fingerprint density at radius 1 is 0.929 bits per heavy atom. The molecule has 3 aromatic carbocycles. The van der Waals surface area contributed by atoms with E-state index >= 15 is 0 Å². The summed E-state index contributed by atoms with van der Waals surface area (Å²) in [4.78, 5) is 4.81. The lowest BCUT2D eigenvalue weighted by molar-refractivity contribution is 0.837. The number of benzene rings is 3. The van der Waals surface area contributed by atoms with E-state index < -0.39 is 0 Å². The van der Waals surface area contributed by atoms with Gasteiger partial charge in [-0.25, -0.2) is 0 Å². The van der Waals surface area contributed by atoms with Gasteiger partial charge in [-0.15, -0.1) is 0 Å². The smallest absolute Gasteiger partial charge is 0.0991 e. The molecule has 1 aliphatic heterocycles. The maximum absolute atomic E-state index is 9.09. The van der Waals surface area contributed by atoms with E-state index in [9.17, 15) is 0 Å². The second-order valence-corrected chi connectivity index (χ2v) is 8.47. The van der Waals surface area contributed by atoms with Crippen molar-refractivity contribution in [1.29, 1.82) is 5.26 Å². The van der Waals surface area contributed by atoms with Gasteiger partial charge in [0, 0.05) is 12.3 Å². The van der Waals surface area contributed by atoms with Crippen LogP contribution in [0.3, 0.4) is 0 Å². The lowest BCUT2D eigenvalue weighted by atomic mass is 9.89. The summed E-state index contributed by atoms with van der Waals surface area (Å²) in [5.74, 6) is 1.68. The third-order valence-corrected chi connectivity index (χ3v) is 6.26. The monoisotopic (exact) mass is 364 g/mol. The van der Waals surface area contributed by atoms with E-state index in [-0.39, 0.29) is 0 Å². The molecule has 0 unspecified atom stereocenters. The molecule has 1 fully saturated rings. The summed E-state index contributed by atoms with van der Waals surface area (Å²) < 4.78 is 0. The topological polar surface area (TPSA) is 36.1 Å². The maximum atomic E-state index is 9.09. The minimum Gasteiger partial charge on any atom is -0.289 e. The molecule has 0 spiro atoms. The van der Waals surface area contributed by atoms with Crippen molar-refractivity contribution in [3.63, 3.8) is 0 Å². The summed E-state index contributed by atoms with van der Waals surface area (Å²) in [5, 5.41) is 11.5. The van der Waals surface area contributed by atoms with Crippen molar-refractivity contribution in [3.8, 4) is 6.07 Å². The van der Waals surface area contributed by atoms with Crippen LogP contribution in [0.4, 0.5) is 0 Å². The fourth-order valence-corrected chi connectivity index (χ4v) is 4.65. The predicted octanol–water partition coefficient (Wildman–Crippen LogP) is 5.98. The van der Waals surface area contributed by atoms with E-state index in [1.165, 1.54) is 39.8 Å². The molecular formula is C26H24N2. The third-order valence-electron chi connectivity index (χ3n) is 6.26. The molecule has 0 bridgehead atoms. The van der Waals surface area contributed by atoms with Crippen molar-refractivity contribution in [2.45, 2.75) is 38.5 Å². The van der Waals surface area contributed by atoms with Gasteiger partial charge in [0.25, 0.3) is 0 Å². The second-order valence-electron chi connectivity index (χ2n) is 8.47. The SMILES string of the molecule is CC(C)C1=NCCc2ccc([C@@H]3C[C@H]3c3ccc4cc(C#N)ccc4c3)cc21. The standard InChI is InChI=1S/C26H24N2/c1-16(2)26-25-13-22(7-5-18(25)9-10-28-26)24-14-23(24)21-8-6-19-11-17(15-27)3-4-20(19)12-21/h3-8,11-13,16,23-24H,9-10,14H2,1-2H3/t23-,24-/m0/s1. The zero-order valence-corrected chi connectivity index (χ0v) is 16.4. The summed E-state index contributed by atoms with van der Waals surface area (Å²) >= 11 is 0. The Morgan fingerprint density at radius 2 is 1.64 bits per heavy atom. The summed E-state index contributed by atoms with van der Waals surface area (Å²) in [6, 6.07) is 22.0. The minimum atomic E-state index is 0.475. The van der Waals surface area contributed by atoms with Gasteiger partial charge < -0.3 is 0 Å². The van der Waals surface area contributed by atoms with Gasteiger partial charge in [0.05, 0.1) is 11.6 Å². The highest BCUT2D eigenvalue weighted by atomic mass is 14.8. The molecule has 5 rings (SSSR count). The van der Waals surface area contributed by atoms with Crippen molar-refractivity contribution in [1.82, 2.24) is 0 Å². The van der Waals surface area contributed by atoms with Crippen LogP contribution < -0.4 is 0 Å². The molecule has 0 aromatic heterocycles. The third kappa shape index (κ3) is 2.92. The Hall–Kier alpha value is -2.92. The van der Waals surface area contributed by atoms with E-state index in [1.807, 2.05) is 12.1 Å². The summed E-state index contributed by atoms with van der Waals surface area (Å²) in [5.41, 5.74) is 7.71. The molecule has 2 heteroatoms. The van der Waals surface area contributed by atoms with Crippen molar-refractivity contribution >= 4 is 16.5 Å². The highest BCUT2D eigenvalue weighted by Crippen LogP contribution is 2.55. The zero-order chi connectivity index (χ0) is 19.3. The van der Waals surface area contributed by atoms with E-state index in [2.05, 4.69) is 62.4 Å². The summed E-state index contributed by atoms with van der Waals surface area (Å²) in [6.45, 7) is 5.41. The van der Waals surface area contributed by atoms with Gasteiger partial charge in [0.1, 0.15) is 0 Å². The molecule has 138 valence electrons. The number of fused-ring (bicyclic) bond motifs is 2. The molecule has 1 heterocycles. The predicted molar refractivity (Wildman–Crippen MR) is 115 cm³/mol. The summed E-state index contributed by atoms with van der Waals surface area (Å²) in [6.07, 6.45) is 2.28. The van der Waals surface area contributed by atoms with Gasteiger partial charge in [-0.05, 0) is 81.8 Å². The van der Waals surface area contributed by atoms with Crippen LogP contribution in [0.5, 0.6) is 0 Å². The first kappa shape index (κ1) is 17.2. The van der Waals surface area contributed by atoms with Crippen molar-refractivity contribution in [2.75, 3.05) is 6.54 Å². The molecule has 0 N–H and O–H groups in total. The molecule has 3 aromatic rings. The lowest BCUT2D eigenvalue weighted by Crippen LogP contribution is -2.18. The normalized spacial score (nSPS) is 20.6. The number of nitrogens with zero attached hydrogens (tertiary/aromatic N) is 2. The molecule has 0 amide bonds. The average molecular weight is 364 g/mol. The number of rotatable bonds is 3. The lowest BCUT2D eigenvalue weighted by Gasteiger charge is -2.20. The van der Waals surface area contributed by atoms with Crippen LogP contribution in [0.2, 0.25) is 0 Å². The van der Waals surface area contributed by atoms with Crippen LogP contribution >= 0.6 is 0 Å². The van der Waals surface area contributed by atoms with Gasteiger partial charge in [-0.3, -0.25) is 4.99 Å². The molecule has 0 radical (unpaired) electrons. The zero-order valence-electron chi connectivity index (χ0n) is 16.4. The van der Waals surface area contributed by atoms with E-state index in [0.29, 0.717) is 17.8 Å². The molecule has 2 atom stereocenters. The van der Waals surface area contributed by atoms with Crippen LogP contribution in [0.15, 0.2) is 59.6 Å². The second kappa shape index (κ2) is 6.60. The Bertz CT molecular complexity index is 1150.